The molecule has 8 heteroatoms. The van der Waals surface area contributed by atoms with Crippen molar-refractivity contribution in [1.82, 2.24) is 9.97 Å². The number of aromatic nitrogens is 3. The van der Waals surface area contributed by atoms with Crippen molar-refractivity contribution in [1.29, 1.82) is 0 Å². The van der Waals surface area contributed by atoms with Gasteiger partial charge in [-0.05, 0) is 41.2 Å². The summed E-state index contributed by atoms with van der Waals surface area (Å²) in [6, 6.07) is 8.67. The first-order valence-corrected chi connectivity index (χ1v) is 7.44. The van der Waals surface area contributed by atoms with Gasteiger partial charge in [0.2, 0.25) is 0 Å². The Labute approximate surface area is 135 Å². The van der Waals surface area contributed by atoms with Gasteiger partial charge in [0, 0.05) is 18.3 Å². The van der Waals surface area contributed by atoms with Gasteiger partial charge in [-0.3, -0.25) is 4.98 Å². The molecular weight excluding hydrogens is 314 g/mol. The summed E-state index contributed by atoms with van der Waals surface area (Å²) in [5.41, 5.74) is 0.400. The average molecular weight is 325 g/mol. The maximum atomic E-state index is 11.8. The van der Waals surface area contributed by atoms with E-state index >= 15 is 0 Å². The van der Waals surface area contributed by atoms with E-state index in [9.17, 15) is 9.90 Å². The third-order valence-corrected chi connectivity index (χ3v) is 3.69. The predicted molar refractivity (Wildman–Crippen MR) is 84.8 cm³/mol. The standard InChI is InChI=1S/C15H11N5O2S/c21-14(11-4-6-16-7-5-11)19-17-10-12-13(18-15(22)23-12)20-8-2-1-3-9-20/h1-10H,(H-,16,17,18,19,21,22). The van der Waals surface area contributed by atoms with Crippen LogP contribution in [-0.4, -0.2) is 22.1 Å². The zero-order valence-electron chi connectivity index (χ0n) is 11.8. The zero-order chi connectivity index (χ0) is 16.1. The zero-order valence-corrected chi connectivity index (χ0v) is 12.6. The second-order valence-electron chi connectivity index (χ2n) is 4.40. The number of aromatic amines is 1. The Bertz CT molecular complexity index is 900. The lowest BCUT2D eigenvalue weighted by molar-refractivity contribution is -0.599. The van der Waals surface area contributed by atoms with Crippen molar-refractivity contribution in [2.45, 2.75) is 0 Å². The average Bonchev–Trinajstić information content (AvgIpc) is 2.97. The number of rotatable bonds is 4. The predicted octanol–water partition coefficient (Wildman–Crippen LogP) is 0.249. The van der Waals surface area contributed by atoms with Gasteiger partial charge >= 0.3 is 10.7 Å². The largest absolute Gasteiger partial charge is 0.857 e. The van der Waals surface area contributed by atoms with E-state index in [4.69, 9.17) is 0 Å². The first-order chi connectivity index (χ1) is 11.2. The Morgan fingerprint density at radius 2 is 2.00 bits per heavy atom. The fourth-order valence-electron chi connectivity index (χ4n) is 1.84. The molecule has 114 valence electrons. The van der Waals surface area contributed by atoms with Gasteiger partial charge in [0.1, 0.15) is 4.88 Å². The molecule has 3 aromatic rings. The summed E-state index contributed by atoms with van der Waals surface area (Å²) >= 11 is 0.994. The van der Waals surface area contributed by atoms with Gasteiger partial charge in [-0.15, -0.1) is 0 Å². The summed E-state index contributed by atoms with van der Waals surface area (Å²) in [5.74, 6) is 0.108. The quantitative estimate of drug-likeness (QED) is 0.322. The molecule has 0 unspecified atom stereocenters. The number of thiazole rings is 1. The lowest BCUT2D eigenvalue weighted by atomic mass is 10.3. The lowest BCUT2D eigenvalue weighted by Crippen LogP contribution is -2.31. The Kier molecular flexibility index (Phi) is 4.34. The smallest absolute Gasteiger partial charge is 0.390 e. The van der Waals surface area contributed by atoms with Crippen LogP contribution in [0.5, 0.6) is 0 Å². The van der Waals surface area contributed by atoms with Crippen molar-refractivity contribution in [3.63, 3.8) is 0 Å². The van der Waals surface area contributed by atoms with Crippen molar-refractivity contribution in [3.05, 3.63) is 75.2 Å². The Hall–Kier alpha value is -3.13. The third kappa shape index (κ3) is 3.55. The molecule has 0 fully saturated rings. The molecule has 1 N–H and O–H groups in total. The van der Waals surface area contributed by atoms with Crippen molar-refractivity contribution in [2.24, 2.45) is 10.2 Å². The van der Waals surface area contributed by atoms with Crippen LogP contribution in [0.1, 0.15) is 10.4 Å². The monoisotopic (exact) mass is 325 g/mol. The van der Waals surface area contributed by atoms with Crippen LogP contribution in [0.3, 0.4) is 0 Å². The molecule has 0 aliphatic heterocycles. The third-order valence-electron chi connectivity index (χ3n) is 2.88. The maximum absolute atomic E-state index is 11.8. The summed E-state index contributed by atoms with van der Waals surface area (Å²) in [7, 11) is 0. The summed E-state index contributed by atoms with van der Waals surface area (Å²) in [5, 5.41) is 19.2. The van der Waals surface area contributed by atoms with Crippen molar-refractivity contribution < 1.29 is 9.67 Å². The fourth-order valence-corrected chi connectivity index (χ4v) is 2.55. The van der Waals surface area contributed by atoms with Crippen molar-refractivity contribution >= 4 is 23.4 Å². The second kappa shape index (κ2) is 6.75. The highest BCUT2D eigenvalue weighted by Crippen LogP contribution is 2.06. The van der Waals surface area contributed by atoms with Crippen LogP contribution in [0.25, 0.3) is 5.82 Å². The maximum Gasteiger partial charge on any atom is 0.390 e. The number of nitrogens with one attached hydrogen (secondary N) is 1. The highest BCUT2D eigenvalue weighted by molar-refractivity contribution is 7.11. The van der Waals surface area contributed by atoms with Crippen molar-refractivity contribution in [2.75, 3.05) is 0 Å². The van der Waals surface area contributed by atoms with Gasteiger partial charge in [0.25, 0.3) is 0 Å². The van der Waals surface area contributed by atoms with Gasteiger partial charge in [-0.2, -0.15) is 15.2 Å². The fraction of sp³-hybridized carbons (Fsp3) is 0. The first-order valence-electron chi connectivity index (χ1n) is 6.62. The van der Waals surface area contributed by atoms with Crippen LogP contribution in [0.2, 0.25) is 0 Å². The summed E-state index contributed by atoms with van der Waals surface area (Å²) in [6.45, 7) is 0. The van der Waals surface area contributed by atoms with Crippen LogP contribution in [-0.2, 0) is 0 Å². The van der Waals surface area contributed by atoms with E-state index in [1.54, 1.807) is 29.1 Å². The van der Waals surface area contributed by atoms with Gasteiger partial charge < -0.3 is 5.11 Å². The van der Waals surface area contributed by atoms with E-state index < -0.39 is 5.90 Å². The summed E-state index contributed by atoms with van der Waals surface area (Å²) in [4.78, 5) is 18.5. The van der Waals surface area contributed by atoms with Gasteiger partial charge in [-0.25, -0.2) is 9.36 Å². The van der Waals surface area contributed by atoms with Crippen LogP contribution in [0.15, 0.2) is 70.1 Å². The van der Waals surface area contributed by atoms with E-state index in [0.29, 0.717) is 16.3 Å². The molecule has 0 atom stereocenters. The van der Waals surface area contributed by atoms with E-state index in [1.165, 1.54) is 18.6 Å². The molecule has 0 saturated heterocycles. The lowest BCUT2D eigenvalue weighted by Gasteiger charge is -2.06. The molecule has 7 nitrogen and oxygen atoms in total. The summed E-state index contributed by atoms with van der Waals surface area (Å²) < 4.78 is 1.75. The van der Waals surface area contributed by atoms with Crippen LogP contribution in [0, 0.1) is 0 Å². The Balaban J connectivity index is 1.88. The minimum absolute atomic E-state index is 0.210. The SMILES string of the molecule is O=c1[nH]c(-[n+]2ccccc2)c(/C=N/N=C([O-])c2ccncc2)s1. The molecule has 0 amide bonds. The van der Waals surface area contributed by atoms with E-state index in [2.05, 4.69) is 20.2 Å². The summed E-state index contributed by atoms with van der Waals surface area (Å²) in [6.07, 6.45) is 8.00. The molecule has 0 aliphatic rings. The molecule has 3 rings (SSSR count). The first kappa shape index (κ1) is 14.8. The van der Waals surface area contributed by atoms with Crippen molar-refractivity contribution in [3.8, 4) is 5.82 Å². The number of hydrogen-bond acceptors (Lipinski definition) is 6. The van der Waals surface area contributed by atoms with Crippen LogP contribution in [0.4, 0.5) is 0 Å². The molecule has 23 heavy (non-hydrogen) atoms. The minimum Gasteiger partial charge on any atom is -0.857 e. The molecule has 0 spiro atoms. The number of H-pyrrole nitrogens is 1. The highest BCUT2D eigenvalue weighted by Gasteiger charge is 2.15. The topological polar surface area (TPSA) is 97.4 Å². The van der Waals surface area contributed by atoms with Gasteiger partial charge in [-0.1, -0.05) is 6.07 Å². The normalized spacial score (nSPS) is 11.9. The number of nitrogens with zero attached hydrogens (tertiary/aromatic N) is 4. The minimum atomic E-state index is -0.472. The number of pyridine rings is 2. The van der Waals surface area contributed by atoms with E-state index in [1.807, 2.05) is 18.2 Å². The van der Waals surface area contributed by atoms with E-state index in [0.717, 1.165) is 11.3 Å². The molecule has 0 aromatic carbocycles. The second-order valence-corrected chi connectivity index (χ2v) is 5.41. The molecule has 3 aromatic heterocycles. The van der Waals surface area contributed by atoms with Crippen LogP contribution < -0.4 is 14.5 Å². The molecule has 3 heterocycles. The molecule has 0 radical (unpaired) electrons. The van der Waals surface area contributed by atoms with E-state index in [-0.39, 0.29) is 4.87 Å². The molecular formula is C15H11N5O2S. The van der Waals surface area contributed by atoms with Gasteiger partial charge in [0.05, 0.1) is 18.6 Å². The molecule has 0 aliphatic carbocycles. The Morgan fingerprint density at radius 3 is 2.74 bits per heavy atom. The number of hydrogen-bond donors (Lipinski definition) is 1. The van der Waals surface area contributed by atoms with Gasteiger partial charge in [0.15, 0.2) is 0 Å². The highest BCUT2D eigenvalue weighted by atomic mass is 32.1. The van der Waals surface area contributed by atoms with Crippen LogP contribution >= 0.6 is 11.3 Å². The molecule has 0 saturated carbocycles. The molecule has 0 bridgehead atoms. The Morgan fingerprint density at radius 1 is 1.26 bits per heavy atom.